The van der Waals surface area contributed by atoms with Gasteiger partial charge in [0.05, 0.1) is 23.4 Å². The maximum absolute atomic E-state index is 12.3. The lowest BCUT2D eigenvalue weighted by molar-refractivity contribution is -0.783. The lowest BCUT2D eigenvalue weighted by Gasteiger charge is -2.16. The number of cyclic esters (lactones) is 1. The van der Waals surface area contributed by atoms with Crippen LogP contribution in [0.2, 0.25) is 0 Å². The van der Waals surface area contributed by atoms with Crippen LogP contribution in [0.25, 0.3) is 22.6 Å². The van der Waals surface area contributed by atoms with Gasteiger partial charge in [0.15, 0.2) is 0 Å². The maximum Gasteiger partial charge on any atom is 0.469 e. The summed E-state index contributed by atoms with van der Waals surface area (Å²) < 4.78 is 20.8. The lowest BCUT2D eigenvalue weighted by Crippen LogP contribution is -2.35. The molecule has 0 unspecified atom stereocenters. The number of aromatic nitrogens is 5. The van der Waals surface area contributed by atoms with E-state index in [-0.39, 0.29) is 12.6 Å². The Morgan fingerprint density at radius 1 is 1.32 bits per heavy atom. The van der Waals surface area contributed by atoms with E-state index >= 15 is 0 Å². The molecule has 12 nitrogen and oxygen atoms in total. The zero-order valence-corrected chi connectivity index (χ0v) is 17.1. The normalized spacial score (nSPS) is 20.0. The quantitative estimate of drug-likeness (QED) is 0.380. The number of pyridine rings is 1. The number of tetrazole rings is 1. The van der Waals surface area contributed by atoms with Crippen LogP contribution >= 0.6 is 7.82 Å². The fourth-order valence-corrected chi connectivity index (χ4v) is 4.22. The molecule has 5 rings (SSSR count). The summed E-state index contributed by atoms with van der Waals surface area (Å²) >= 11 is 0. The van der Waals surface area contributed by atoms with Gasteiger partial charge in [-0.2, -0.15) is 0 Å². The van der Waals surface area contributed by atoms with Gasteiger partial charge in [-0.05, 0) is 46.1 Å². The van der Waals surface area contributed by atoms with Crippen molar-refractivity contribution in [2.24, 2.45) is 7.05 Å². The first kappa shape index (κ1) is 19.8. The number of nitrogens with one attached hydrogen (secondary N) is 1. The van der Waals surface area contributed by atoms with Crippen molar-refractivity contribution < 1.29 is 33.2 Å². The standard InChI is InChI=1S/C18H17N6O6P/c1-23-21-17(20-22-23)13-4-2-11(8-19-13)10-3-5-14-12(6-10)7-15-16(9-29-31(26,27)28)30-18(25)24(14)15/h2-6,8,15-16H,7,9H2,1H3,(H2,26,27,28)/p+1/t15-,16-/m0/s1. The number of rotatable bonds is 5. The summed E-state index contributed by atoms with van der Waals surface area (Å²) in [6.07, 6.45) is 0.902. The number of aryl methyl sites for hydroxylation is 1. The second kappa shape index (κ2) is 7.20. The number of hydrogen-bond acceptors (Lipinski definition) is 7. The molecule has 3 aromatic rings. The van der Waals surface area contributed by atoms with Gasteiger partial charge in [0, 0.05) is 11.8 Å². The van der Waals surface area contributed by atoms with E-state index in [1.807, 2.05) is 30.3 Å². The summed E-state index contributed by atoms with van der Waals surface area (Å²) in [5.41, 5.74) is 4.11. The molecule has 1 saturated heterocycles. The number of phosphoric ester groups is 1. The van der Waals surface area contributed by atoms with E-state index in [4.69, 9.17) is 14.5 Å². The van der Waals surface area contributed by atoms with Crippen LogP contribution in [0, 0.1) is 0 Å². The smallest absolute Gasteiger partial charge is 0.441 e. The summed E-state index contributed by atoms with van der Waals surface area (Å²) in [6.45, 7) is -0.373. The number of anilines is 1. The van der Waals surface area contributed by atoms with E-state index < -0.39 is 20.0 Å². The number of carbonyl (C=O) groups excluding carboxylic acids is 1. The molecule has 1 fully saturated rings. The number of aromatic amines is 1. The summed E-state index contributed by atoms with van der Waals surface area (Å²) in [5, 5.41) is 11.0. The van der Waals surface area contributed by atoms with Crippen LogP contribution in [-0.2, 0) is 27.3 Å². The van der Waals surface area contributed by atoms with Crippen molar-refractivity contribution in [1.82, 2.24) is 20.4 Å². The number of phosphoric acid groups is 1. The van der Waals surface area contributed by atoms with E-state index in [1.165, 1.54) is 9.70 Å². The first-order chi connectivity index (χ1) is 14.8. The topological polar surface area (TPSA) is 155 Å². The highest BCUT2D eigenvalue weighted by molar-refractivity contribution is 7.46. The molecule has 0 aliphatic carbocycles. The molecule has 0 saturated carbocycles. The predicted molar refractivity (Wildman–Crippen MR) is 104 cm³/mol. The molecule has 0 bridgehead atoms. The Morgan fingerprint density at radius 2 is 2.13 bits per heavy atom. The number of amides is 1. The summed E-state index contributed by atoms with van der Waals surface area (Å²) in [4.78, 5) is 37.6. The number of fused-ring (bicyclic) bond motifs is 3. The molecule has 2 atom stereocenters. The molecule has 13 heteroatoms. The second-order valence-electron chi connectivity index (χ2n) is 7.28. The Bertz CT molecular complexity index is 1210. The third-order valence-corrected chi connectivity index (χ3v) is 5.74. The van der Waals surface area contributed by atoms with Crippen LogP contribution in [0.5, 0.6) is 0 Å². The number of H-pyrrole nitrogens is 1. The molecule has 2 aliphatic rings. The fraction of sp³-hybridized carbons (Fsp3) is 0.278. The predicted octanol–water partition coefficient (Wildman–Crippen LogP) is 0.717. The molecule has 0 spiro atoms. The van der Waals surface area contributed by atoms with Gasteiger partial charge in [-0.15, -0.1) is 0 Å². The molecule has 31 heavy (non-hydrogen) atoms. The zero-order valence-electron chi connectivity index (χ0n) is 16.2. The third kappa shape index (κ3) is 3.70. The maximum atomic E-state index is 12.3. The lowest BCUT2D eigenvalue weighted by atomic mass is 10.0. The third-order valence-electron chi connectivity index (χ3n) is 5.26. The van der Waals surface area contributed by atoms with Crippen LogP contribution < -0.4 is 9.70 Å². The van der Waals surface area contributed by atoms with E-state index in [0.717, 1.165) is 22.4 Å². The minimum absolute atomic E-state index is 0.373. The van der Waals surface area contributed by atoms with Crippen molar-refractivity contribution in [3.63, 3.8) is 0 Å². The van der Waals surface area contributed by atoms with E-state index in [9.17, 15) is 9.36 Å². The summed E-state index contributed by atoms with van der Waals surface area (Å²) in [7, 11) is -2.91. The first-order valence-electron chi connectivity index (χ1n) is 9.37. The highest BCUT2D eigenvalue weighted by atomic mass is 31.2. The van der Waals surface area contributed by atoms with Crippen LogP contribution in [0.3, 0.4) is 0 Å². The number of carbonyl (C=O) groups is 1. The van der Waals surface area contributed by atoms with E-state index in [2.05, 4.69) is 24.9 Å². The van der Waals surface area contributed by atoms with Crippen molar-refractivity contribution in [3.05, 3.63) is 42.1 Å². The molecule has 3 N–H and O–H groups in total. The summed E-state index contributed by atoms with van der Waals surface area (Å²) in [5.74, 6) is 0.491. The minimum Gasteiger partial charge on any atom is -0.441 e. The first-order valence-corrected chi connectivity index (χ1v) is 10.9. The van der Waals surface area contributed by atoms with Gasteiger partial charge in [-0.25, -0.2) is 14.3 Å². The zero-order chi connectivity index (χ0) is 21.8. The minimum atomic E-state index is -4.65. The van der Waals surface area contributed by atoms with Gasteiger partial charge < -0.3 is 14.5 Å². The van der Waals surface area contributed by atoms with Crippen LogP contribution in [0.1, 0.15) is 5.56 Å². The van der Waals surface area contributed by atoms with Gasteiger partial charge in [-0.1, -0.05) is 16.9 Å². The summed E-state index contributed by atoms with van der Waals surface area (Å²) in [6, 6.07) is 9.07. The molecule has 1 amide bonds. The molecule has 2 aliphatic heterocycles. The molecular weight excluding hydrogens is 427 g/mol. The molecule has 0 radical (unpaired) electrons. The monoisotopic (exact) mass is 445 g/mol. The number of ether oxygens (including phenoxy) is 1. The Balaban J connectivity index is 1.37. The van der Waals surface area contributed by atoms with Crippen LogP contribution in [0.15, 0.2) is 36.5 Å². The highest BCUT2D eigenvalue weighted by Gasteiger charge is 2.48. The molecule has 2 aromatic heterocycles. The average Bonchev–Trinajstić information content (AvgIpc) is 3.41. The Kier molecular flexibility index (Phi) is 4.59. The van der Waals surface area contributed by atoms with Crippen molar-refractivity contribution in [2.45, 2.75) is 18.6 Å². The van der Waals surface area contributed by atoms with Gasteiger partial charge in [0.2, 0.25) is 0 Å². The molecular formula is C18H18N6O6P+. The number of hydrogen-bond donors (Lipinski definition) is 3. The Labute approximate surface area is 175 Å². The Morgan fingerprint density at radius 3 is 2.81 bits per heavy atom. The fourth-order valence-electron chi connectivity index (χ4n) is 3.88. The van der Waals surface area contributed by atoms with Gasteiger partial charge in [0.25, 0.3) is 0 Å². The van der Waals surface area contributed by atoms with Gasteiger partial charge in [-0.3, -0.25) is 9.42 Å². The Hall–Kier alpha value is -3.18. The van der Waals surface area contributed by atoms with Gasteiger partial charge in [0.1, 0.15) is 18.8 Å². The van der Waals surface area contributed by atoms with Crippen molar-refractivity contribution in [1.29, 1.82) is 0 Å². The number of nitrogens with zero attached hydrogens (tertiary/aromatic N) is 5. The molecule has 4 heterocycles. The van der Waals surface area contributed by atoms with Crippen molar-refractivity contribution in [2.75, 3.05) is 11.5 Å². The highest BCUT2D eigenvalue weighted by Crippen LogP contribution is 2.42. The van der Waals surface area contributed by atoms with Crippen molar-refractivity contribution >= 4 is 19.6 Å². The van der Waals surface area contributed by atoms with Crippen LogP contribution in [0.4, 0.5) is 10.5 Å². The van der Waals surface area contributed by atoms with Gasteiger partial charge >= 0.3 is 19.7 Å². The SMILES string of the molecule is C[n+]1nc(-c2ccc(-c3ccc4c(c3)C[C@H]3[C@H](COP(=O)(O)O)OC(=O)N43)cn2)n[nH]1. The largest absolute Gasteiger partial charge is 0.469 e. The average molecular weight is 445 g/mol. The van der Waals surface area contributed by atoms with E-state index in [0.29, 0.717) is 17.9 Å². The molecule has 1 aromatic carbocycles. The van der Waals surface area contributed by atoms with Crippen LogP contribution in [-0.4, -0.2) is 55.0 Å². The van der Waals surface area contributed by atoms with E-state index in [1.54, 1.807) is 13.2 Å². The second-order valence-corrected chi connectivity index (χ2v) is 8.52. The number of benzene rings is 1. The van der Waals surface area contributed by atoms with Crippen molar-refractivity contribution in [3.8, 4) is 22.6 Å². The molecule has 160 valence electrons.